The van der Waals surface area contributed by atoms with E-state index in [1.807, 2.05) is 6.07 Å². The van der Waals surface area contributed by atoms with Gasteiger partial charge in [0, 0.05) is 28.4 Å². The summed E-state index contributed by atoms with van der Waals surface area (Å²) in [4.78, 5) is 42.3. The number of ketones is 1. The number of allylic oxidation sites excluding steroid dienone is 2. The smallest absolute Gasteiger partial charge is 0.338 e. The number of rotatable bonds is 5. The van der Waals surface area contributed by atoms with E-state index in [0.29, 0.717) is 16.9 Å². The molecular weight excluding hydrogens is 518 g/mol. The highest BCUT2D eigenvalue weighted by Gasteiger charge is 2.51. The third kappa shape index (κ3) is 4.43. The zero-order valence-corrected chi connectivity index (χ0v) is 21.8. The maximum Gasteiger partial charge on any atom is 0.338 e. The summed E-state index contributed by atoms with van der Waals surface area (Å²) < 4.78 is 39.4. The first kappa shape index (κ1) is 26.8. The third-order valence-electron chi connectivity index (χ3n) is 7.43. The lowest BCUT2D eigenvalue weighted by molar-refractivity contribution is -0.150. The molecule has 2 aliphatic rings. The first-order chi connectivity index (χ1) is 19.3. The number of hydrogen-bond acceptors (Lipinski definition) is 7. The molecule has 0 amide bonds. The van der Waals surface area contributed by atoms with Crippen molar-refractivity contribution in [1.29, 1.82) is 0 Å². The molecule has 3 atom stereocenters. The Morgan fingerprint density at radius 2 is 1.55 bits per heavy atom. The molecule has 0 saturated carbocycles. The maximum absolute atomic E-state index is 15.4. The van der Waals surface area contributed by atoms with Crippen molar-refractivity contribution < 1.29 is 32.6 Å². The van der Waals surface area contributed by atoms with Gasteiger partial charge in [0.15, 0.2) is 5.78 Å². The summed E-state index contributed by atoms with van der Waals surface area (Å²) in [5.41, 5.74) is 7.97. The van der Waals surface area contributed by atoms with Gasteiger partial charge in [-0.3, -0.25) is 14.5 Å². The van der Waals surface area contributed by atoms with E-state index in [1.165, 1.54) is 54.5 Å². The van der Waals surface area contributed by atoms with Crippen molar-refractivity contribution in [2.75, 3.05) is 19.1 Å². The first-order valence-corrected chi connectivity index (χ1v) is 12.6. The lowest BCUT2D eigenvalue weighted by Crippen LogP contribution is -2.46. The molecule has 3 aromatic carbocycles. The van der Waals surface area contributed by atoms with Crippen LogP contribution in [0, 0.1) is 17.6 Å². The van der Waals surface area contributed by atoms with Crippen LogP contribution >= 0.6 is 0 Å². The van der Waals surface area contributed by atoms with Gasteiger partial charge in [0.25, 0.3) is 0 Å². The van der Waals surface area contributed by atoms with Gasteiger partial charge in [-0.05, 0) is 42.3 Å². The summed E-state index contributed by atoms with van der Waals surface area (Å²) in [5, 5.41) is 0. The fourth-order valence-corrected chi connectivity index (χ4v) is 5.65. The number of halogens is 2. The number of carbonyl (C=O) groups is 3. The van der Waals surface area contributed by atoms with Crippen LogP contribution in [0.15, 0.2) is 102 Å². The van der Waals surface area contributed by atoms with Crippen LogP contribution in [0.2, 0.25) is 0 Å². The summed E-state index contributed by atoms with van der Waals surface area (Å²) in [5.74, 6) is -6.72. The molecular formula is C31H26F2N2O5. The molecule has 9 heteroatoms. The fourth-order valence-electron chi connectivity index (χ4n) is 5.65. The van der Waals surface area contributed by atoms with E-state index in [0.717, 1.165) is 7.11 Å². The number of nitrogens with two attached hydrogens (primary N) is 1. The monoisotopic (exact) mass is 544 g/mol. The van der Waals surface area contributed by atoms with Crippen LogP contribution in [-0.4, -0.2) is 31.9 Å². The molecule has 0 bridgehead atoms. The van der Waals surface area contributed by atoms with Crippen molar-refractivity contribution in [2.24, 2.45) is 11.7 Å². The molecule has 0 unspecified atom stereocenters. The predicted molar refractivity (Wildman–Crippen MR) is 143 cm³/mol. The van der Waals surface area contributed by atoms with Gasteiger partial charge in [0.05, 0.1) is 25.7 Å². The molecule has 40 heavy (non-hydrogen) atoms. The van der Waals surface area contributed by atoms with E-state index < -0.39 is 47.1 Å². The molecule has 7 nitrogen and oxygen atoms in total. The average molecular weight is 545 g/mol. The van der Waals surface area contributed by atoms with Crippen molar-refractivity contribution >= 4 is 23.4 Å². The first-order valence-electron chi connectivity index (χ1n) is 12.6. The van der Waals surface area contributed by atoms with Crippen molar-refractivity contribution in [1.82, 2.24) is 0 Å². The molecule has 5 rings (SSSR count). The third-order valence-corrected chi connectivity index (χ3v) is 7.43. The molecule has 204 valence electrons. The Kier molecular flexibility index (Phi) is 7.21. The summed E-state index contributed by atoms with van der Waals surface area (Å²) in [7, 11) is 2.35. The molecule has 3 aromatic rings. The Morgan fingerprint density at radius 3 is 2.17 bits per heavy atom. The maximum atomic E-state index is 15.4. The molecule has 0 saturated heterocycles. The van der Waals surface area contributed by atoms with Crippen LogP contribution in [0.3, 0.4) is 0 Å². The van der Waals surface area contributed by atoms with E-state index in [1.54, 1.807) is 30.3 Å². The topological polar surface area (TPSA) is 98.9 Å². The average Bonchev–Trinajstić information content (AvgIpc) is 2.97. The second-order valence-corrected chi connectivity index (χ2v) is 9.50. The summed E-state index contributed by atoms with van der Waals surface area (Å²) in [6.45, 7) is 0. The highest BCUT2D eigenvalue weighted by Crippen LogP contribution is 2.51. The lowest BCUT2D eigenvalue weighted by atomic mass is 9.67. The van der Waals surface area contributed by atoms with Crippen molar-refractivity contribution in [3.63, 3.8) is 0 Å². The fraction of sp³-hybridized carbons (Fsp3) is 0.194. The van der Waals surface area contributed by atoms with Crippen LogP contribution in [0.4, 0.5) is 14.5 Å². The zero-order chi connectivity index (χ0) is 28.6. The van der Waals surface area contributed by atoms with E-state index in [4.69, 9.17) is 15.2 Å². The van der Waals surface area contributed by atoms with E-state index in [-0.39, 0.29) is 29.0 Å². The van der Waals surface area contributed by atoms with Gasteiger partial charge >= 0.3 is 11.9 Å². The number of carbonyl (C=O) groups excluding carboxylic acids is 3. The number of benzene rings is 3. The number of hydrogen-bond donors (Lipinski definition) is 1. The minimum absolute atomic E-state index is 0.0200. The van der Waals surface area contributed by atoms with Crippen molar-refractivity contribution in [3.05, 3.63) is 124 Å². The Balaban J connectivity index is 1.84. The van der Waals surface area contributed by atoms with Crippen LogP contribution in [-0.2, 0) is 23.9 Å². The Hall–Kier alpha value is -4.79. The number of Topliss-reactive ketones (excluding diaryl/α,β-unsaturated/α-hetero) is 1. The summed E-state index contributed by atoms with van der Waals surface area (Å²) in [6.07, 6.45) is 0.113. The van der Waals surface area contributed by atoms with E-state index in [2.05, 4.69) is 0 Å². The number of ether oxygens (including phenoxy) is 2. The van der Waals surface area contributed by atoms with Gasteiger partial charge in [-0.25, -0.2) is 13.6 Å². The molecule has 0 radical (unpaired) electrons. The molecule has 1 heterocycles. The van der Waals surface area contributed by atoms with E-state index >= 15 is 4.39 Å². The van der Waals surface area contributed by atoms with E-state index in [9.17, 15) is 18.8 Å². The Bertz CT molecular complexity index is 1550. The summed E-state index contributed by atoms with van der Waals surface area (Å²) >= 11 is 0. The van der Waals surface area contributed by atoms with Gasteiger partial charge in [-0.15, -0.1) is 0 Å². The largest absolute Gasteiger partial charge is 0.468 e. The SMILES string of the molecule is COC(=O)C1=C(N)N(c2ccc(F)cc2)C2=C(C(=O)[C@H](C(=O)OC)[C@H](c3ccccc3)C2)[C@@H]1c1ccccc1F. The van der Waals surface area contributed by atoms with Crippen LogP contribution in [0.1, 0.15) is 29.4 Å². The number of methoxy groups -OCH3 is 2. The van der Waals surface area contributed by atoms with Gasteiger partial charge in [0.1, 0.15) is 23.4 Å². The molecule has 2 N–H and O–H groups in total. The predicted octanol–water partition coefficient (Wildman–Crippen LogP) is 4.71. The highest BCUT2D eigenvalue weighted by molar-refractivity contribution is 6.14. The number of esters is 2. The molecule has 0 spiro atoms. The molecule has 1 aliphatic carbocycles. The van der Waals surface area contributed by atoms with Gasteiger partial charge in [-0.1, -0.05) is 48.5 Å². The normalized spacial score (nSPS) is 20.8. The number of anilines is 1. The molecule has 0 fully saturated rings. The van der Waals surface area contributed by atoms with Crippen LogP contribution < -0.4 is 10.6 Å². The minimum Gasteiger partial charge on any atom is -0.468 e. The van der Waals surface area contributed by atoms with Gasteiger partial charge in [0.2, 0.25) is 0 Å². The number of nitrogens with zero attached hydrogens (tertiary/aromatic N) is 1. The quantitative estimate of drug-likeness (QED) is 0.367. The highest BCUT2D eigenvalue weighted by atomic mass is 19.1. The van der Waals surface area contributed by atoms with Crippen LogP contribution in [0.5, 0.6) is 0 Å². The Morgan fingerprint density at radius 1 is 0.900 bits per heavy atom. The van der Waals surface area contributed by atoms with Crippen LogP contribution in [0.25, 0.3) is 0 Å². The standard InChI is InChI=1S/C31H26F2N2O5/c1-39-30(37)25-21(17-8-4-3-5-9-17)16-23-26(28(25)36)24(20-10-6-7-11-22(20)33)27(31(38)40-2)29(34)35(23)19-14-12-18(32)13-15-19/h3-15,21,24-25H,16,34H2,1-2H3/t21-,24-,25+/m0/s1. The molecule has 1 aliphatic heterocycles. The van der Waals surface area contributed by atoms with Gasteiger partial charge < -0.3 is 15.2 Å². The molecule has 0 aromatic heterocycles. The minimum atomic E-state index is -1.27. The van der Waals surface area contributed by atoms with Gasteiger partial charge in [-0.2, -0.15) is 0 Å². The Labute approximate surface area is 229 Å². The van der Waals surface area contributed by atoms with Crippen molar-refractivity contribution in [3.8, 4) is 0 Å². The second kappa shape index (κ2) is 10.8. The second-order valence-electron chi connectivity index (χ2n) is 9.50. The zero-order valence-electron chi connectivity index (χ0n) is 21.8. The summed E-state index contributed by atoms with van der Waals surface area (Å²) in [6, 6.07) is 20.1. The lowest BCUT2D eigenvalue weighted by Gasteiger charge is -2.44. The van der Waals surface area contributed by atoms with Crippen molar-refractivity contribution in [2.45, 2.75) is 18.3 Å².